The van der Waals surface area contributed by atoms with Crippen LogP contribution in [0.1, 0.15) is 63.6 Å². The molecule has 0 bridgehead atoms. The van der Waals surface area contributed by atoms with Crippen LogP contribution in [0.3, 0.4) is 0 Å². The van der Waals surface area contributed by atoms with E-state index in [1.54, 1.807) is 12.1 Å². The Hall–Kier alpha value is -4.29. The van der Waals surface area contributed by atoms with Crippen molar-refractivity contribution in [1.82, 2.24) is 0 Å². The minimum atomic E-state index is -1.45. The van der Waals surface area contributed by atoms with Crippen LogP contribution in [0.5, 0.6) is 0 Å². The molecule has 0 unspecified atom stereocenters. The zero-order valence-corrected chi connectivity index (χ0v) is 26.1. The summed E-state index contributed by atoms with van der Waals surface area (Å²) in [5.41, 5.74) is 3.90. The summed E-state index contributed by atoms with van der Waals surface area (Å²) in [6, 6.07) is 29.0. The van der Waals surface area contributed by atoms with Crippen molar-refractivity contribution in [3.8, 4) is 0 Å². The van der Waals surface area contributed by atoms with Crippen LogP contribution in [-0.2, 0) is 16.6 Å². The van der Waals surface area contributed by atoms with E-state index in [9.17, 15) is 14.4 Å². The highest BCUT2D eigenvalue weighted by atomic mass is 79.9. The summed E-state index contributed by atoms with van der Waals surface area (Å²) in [5.74, 6) is -1.49. The second-order valence-electron chi connectivity index (χ2n) is 12.0. The molecule has 1 fully saturated rings. The first-order valence-corrected chi connectivity index (χ1v) is 16.1. The number of rotatable bonds is 8. The molecular formula is C38H33BrN2O3. The lowest BCUT2D eigenvalue weighted by atomic mass is 9.63. The van der Waals surface area contributed by atoms with Gasteiger partial charge in [-0.3, -0.25) is 14.4 Å². The van der Waals surface area contributed by atoms with Gasteiger partial charge in [-0.05, 0) is 53.8 Å². The van der Waals surface area contributed by atoms with Crippen LogP contribution in [0, 0.1) is 5.92 Å². The van der Waals surface area contributed by atoms with E-state index in [2.05, 4.69) is 28.2 Å². The lowest BCUT2D eigenvalue weighted by Gasteiger charge is -2.37. The summed E-state index contributed by atoms with van der Waals surface area (Å²) in [6.07, 6.45) is 8.41. The molecule has 5 nitrogen and oxygen atoms in total. The zero-order chi connectivity index (χ0) is 30.4. The number of para-hydroxylation sites is 2. The van der Waals surface area contributed by atoms with Crippen LogP contribution in [0.15, 0.2) is 108 Å². The predicted molar refractivity (Wildman–Crippen MR) is 178 cm³/mol. The van der Waals surface area contributed by atoms with E-state index >= 15 is 0 Å². The number of unbranched alkanes of at least 4 members (excludes halogenated alkanes) is 2. The molecule has 0 aromatic heterocycles. The van der Waals surface area contributed by atoms with Gasteiger partial charge in [0.05, 0.1) is 12.0 Å². The van der Waals surface area contributed by atoms with Crippen molar-refractivity contribution in [3.63, 3.8) is 0 Å². The smallest absolute Gasteiger partial charge is 0.238 e. The predicted octanol–water partition coefficient (Wildman–Crippen LogP) is 8.04. The van der Waals surface area contributed by atoms with Gasteiger partial charge in [0.1, 0.15) is 11.5 Å². The summed E-state index contributed by atoms with van der Waals surface area (Å²) in [4.78, 5) is 46.4. The normalized spacial score (nSPS) is 22.8. The van der Waals surface area contributed by atoms with Crippen molar-refractivity contribution >= 4 is 50.9 Å². The fourth-order valence-electron chi connectivity index (χ4n) is 7.50. The lowest BCUT2D eigenvalue weighted by Crippen LogP contribution is -2.55. The van der Waals surface area contributed by atoms with E-state index in [-0.39, 0.29) is 17.5 Å². The van der Waals surface area contributed by atoms with Gasteiger partial charge >= 0.3 is 0 Å². The number of anilines is 2. The molecule has 220 valence electrons. The summed E-state index contributed by atoms with van der Waals surface area (Å²) >= 11 is 3.48. The first-order chi connectivity index (χ1) is 21.4. The molecule has 3 aliphatic rings. The molecule has 0 aliphatic carbocycles. The van der Waals surface area contributed by atoms with Gasteiger partial charge in [-0.1, -0.05) is 121 Å². The van der Waals surface area contributed by atoms with Crippen LogP contribution >= 0.6 is 15.9 Å². The topological polar surface area (TPSA) is 66.5 Å². The summed E-state index contributed by atoms with van der Waals surface area (Å²) in [6.45, 7) is 2.19. The molecule has 44 heavy (non-hydrogen) atoms. The minimum absolute atomic E-state index is 0.137. The SMILES string of the molecule is CCCCCc1ccc(C(=O)[C@H]2[C@@H]3C=Cc4ccccc4N3[C@@H](C(=O)c3ccc(Br)cc3)[C@@]23C(=O)Nc2ccccc23)cc1. The molecule has 1 saturated heterocycles. The monoisotopic (exact) mass is 644 g/mol. The minimum Gasteiger partial charge on any atom is -0.352 e. The molecule has 7 rings (SSSR count). The first kappa shape index (κ1) is 28.5. The second-order valence-corrected chi connectivity index (χ2v) is 12.9. The highest BCUT2D eigenvalue weighted by Crippen LogP contribution is 2.58. The lowest BCUT2D eigenvalue weighted by molar-refractivity contribution is -0.121. The average Bonchev–Trinajstić information content (AvgIpc) is 3.53. The number of aryl methyl sites for hydroxylation is 1. The summed E-state index contributed by atoms with van der Waals surface area (Å²) in [5, 5.41) is 3.08. The number of ketones is 2. The van der Waals surface area contributed by atoms with E-state index in [1.165, 1.54) is 12.0 Å². The molecule has 4 aromatic rings. The van der Waals surface area contributed by atoms with Crippen LogP contribution < -0.4 is 10.2 Å². The van der Waals surface area contributed by atoms with Gasteiger partial charge in [0.25, 0.3) is 0 Å². The van der Waals surface area contributed by atoms with Crippen LogP contribution in [0.2, 0.25) is 0 Å². The Bertz CT molecular complexity index is 1800. The Balaban J connectivity index is 1.44. The standard InChI is InChI=1S/C38H33BrN2O3/c1-2-3-4-9-24-14-16-26(17-15-24)34(42)33-32-23-20-25-10-5-8-13-31(25)41(32)36(35(43)27-18-21-28(39)22-19-27)38(33)29-11-6-7-12-30(29)40-37(38)44/h5-8,10-23,32-33,36H,2-4,9H2,1H3,(H,40,44)/t32-,33+,36-,38-/m0/s1. The number of nitrogens with one attached hydrogen (secondary N) is 1. The van der Waals surface area contributed by atoms with Gasteiger partial charge in [-0.2, -0.15) is 0 Å². The van der Waals surface area contributed by atoms with Crippen molar-refractivity contribution in [2.45, 2.75) is 50.1 Å². The number of fused-ring (bicyclic) bond motifs is 5. The van der Waals surface area contributed by atoms with Gasteiger partial charge in [0.2, 0.25) is 5.91 Å². The quantitative estimate of drug-likeness (QED) is 0.156. The van der Waals surface area contributed by atoms with Crippen LogP contribution in [-0.4, -0.2) is 29.6 Å². The Kier molecular flexibility index (Phi) is 7.33. The van der Waals surface area contributed by atoms with E-state index in [0.717, 1.165) is 35.0 Å². The van der Waals surface area contributed by atoms with Crippen molar-refractivity contribution in [1.29, 1.82) is 0 Å². The molecule has 6 heteroatoms. The van der Waals surface area contributed by atoms with Crippen molar-refractivity contribution in [3.05, 3.63) is 135 Å². The summed E-state index contributed by atoms with van der Waals surface area (Å²) < 4.78 is 0.856. The highest BCUT2D eigenvalue weighted by molar-refractivity contribution is 9.10. The molecule has 0 saturated carbocycles. The van der Waals surface area contributed by atoms with E-state index < -0.39 is 23.4 Å². The number of Topliss-reactive ketones (excluding diaryl/α,β-unsaturated/α-hetero) is 2. The Morgan fingerprint density at radius 3 is 2.30 bits per heavy atom. The number of hydrogen-bond donors (Lipinski definition) is 1. The van der Waals surface area contributed by atoms with E-state index in [4.69, 9.17) is 0 Å². The first-order valence-electron chi connectivity index (χ1n) is 15.3. The molecule has 1 amide bonds. The maximum absolute atomic E-state index is 14.9. The third-order valence-corrected chi connectivity index (χ3v) is 10.0. The Morgan fingerprint density at radius 1 is 0.841 bits per heavy atom. The fraction of sp³-hybridized carbons (Fsp3) is 0.237. The van der Waals surface area contributed by atoms with Gasteiger partial charge in [0.15, 0.2) is 11.6 Å². The number of halogens is 1. The van der Waals surface area contributed by atoms with E-state index in [0.29, 0.717) is 22.4 Å². The third kappa shape index (κ3) is 4.38. The third-order valence-electron chi connectivity index (χ3n) is 9.51. The maximum atomic E-state index is 14.9. The molecule has 4 aromatic carbocycles. The van der Waals surface area contributed by atoms with Gasteiger partial charge in [-0.25, -0.2) is 0 Å². The second kappa shape index (κ2) is 11.3. The Labute approximate surface area is 266 Å². The highest BCUT2D eigenvalue weighted by Gasteiger charge is 2.70. The van der Waals surface area contributed by atoms with Crippen molar-refractivity contribution in [2.24, 2.45) is 5.92 Å². The zero-order valence-electron chi connectivity index (χ0n) is 24.5. The molecule has 0 radical (unpaired) electrons. The van der Waals surface area contributed by atoms with E-state index in [1.807, 2.05) is 102 Å². The molecule has 3 heterocycles. The largest absolute Gasteiger partial charge is 0.352 e. The maximum Gasteiger partial charge on any atom is 0.238 e. The van der Waals surface area contributed by atoms with Gasteiger partial charge in [0, 0.05) is 27.0 Å². The molecule has 4 atom stereocenters. The number of amides is 1. The number of carbonyl (C=O) groups excluding carboxylic acids is 3. The number of nitrogens with zero attached hydrogens (tertiary/aromatic N) is 1. The number of hydrogen-bond acceptors (Lipinski definition) is 4. The van der Waals surface area contributed by atoms with Gasteiger partial charge < -0.3 is 10.2 Å². The van der Waals surface area contributed by atoms with Crippen molar-refractivity contribution in [2.75, 3.05) is 10.2 Å². The molecule has 1 spiro atoms. The average molecular weight is 646 g/mol. The molecule has 3 aliphatic heterocycles. The van der Waals surface area contributed by atoms with Crippen LogP contribution in [0.25, 0.3) is 6.08 Å². The van der Waals surface area contributed by atoms with Crippen LogP contribution in [0.4, 0.5) is 11.4 Å². The number of benzene rings is 4. The van der Waals surface area contributed by atoms with Crippen molar-refractivity contribution < 1.29 is 14.4 Å². The number of carbonyl (C=O) groups is 3. The fourth-order valence-corrected chi connectivity index (χ4v) is 7.77. The summed E-state index contributed by atoms with van der Waals surface area (Å²) in [7, 11) is 0. The Morgan fingerprint density at radius 2 is 1.52 bits per heavy atom. The van der Waals surface area contributed by atoms with Gasteiger partial charge in [-0.15, -0.1) is 0 Å². The molecule has 1 N–H and O–H groups in total. The molecular weight excluding hydrogens is 612 g/mol.